The van der Waals surface area contributed by atoms with Crippen molar-refractivity contribution in [3.8, 4) is 0 Å². The van der Waals surface area contributed by atoms with Gasteiger partial charge in [-0.2, -0.15) is 0 Å². The van der Waals surface area contributed by atoms with E-state index in [1.807, 2.05) is 0 Å². The van der Waals surface area contributed by atoms with Gasteiger partial charge in [0, 0.05) is 19.0 Å². The van der Waals surface area contributed by atoms with Gasteiger partial charge in [0.25, 0.3) is 0 Å². The van der Waals surface area contributed by atoms with Crippen LogP contribution in [0.2, 0.25) is 0 Å². The van der Waals surface area contributed by atoms with Crippen LogP contribution in [0.4, 0.5) is 0 Å². The fourth-order valence-electron chi connectivity index (χ4n) is 1.83. The summed E-state index contributed by atoms with van der Waals surface area (Å²) in [7, 11) is 0. The van der Waals surface area contributed by atoms with E-state index in [2.05, 4.69) is 24.5 Å². The molecule has 0 bridgehead atoms. The second kappa shape index (κ2) is 3.44. The number of carbonyl (C=O) groups is 1. The van der Waals surface area contributed by atoms with E-state index in [-0.39, 0.29) is 11.4 Å². The third kappa shape index (κ3) is 2.21. The van der Waals surface area contributed by atoms with Crippen molar-refractivity contribution in [2.75, 3.05) is 13.1 Å². The van der Waals surface area contributed by atoms with Crippen LogP contribution < -0.4 is 10.6 Å². The van der Waals surface area contributed by atoms with Crippen LogP contribution in [0.1, 0.15) is 27.2 Å². The van der Waals surface area contributed by atoms with Crippen molar-refractivity contribution in [3.63, 3.8) is 0 Å². The molecule has 1 atom stereocenters. The maximum atomic E-state index is 10.9. The summed E-state index contributed by atoms with van der Waals surface area (Å²) in [5, 5.41) is 6.28. The summed E-state index contributed by atoms with van der Waals surface area (Å²) in [6.07, 6.45) is 1.16. The molecular weight excluding hydrogens is 152 g/mol. The lowest BCUT2D eigenvalue weighted by atomic mass is 9.87. The molecule has 1 aliphatic rings. The van der Waals surface area contributed by atoms with Crippen LogP contribution in [0.3, 0.4) is 0 Å². The lowest BCUT2D eigenvalue weighted by molar-refractivity contribution is -0.121. The van der Waals surface area contributed by atoms with E-state index < -0.39 is 0 Å². The van der Waals surface area contributed by atoms with Gasteiger partial charge in [-0.15, -0.1) is 0 Å². The third-order valence-electron chi connectivity index (χ3n) is 2.58. The molecule has 3 nitrogen and oxygen atoms in total. The Kier molecular flexibility index (Phi) is 2.73. The Balaban J connectivity index is 2.50. The molecule has 70 valence electrons. The van der Waals surface area contributed by atoms with Crippen LogP contribution in [-0.2, 0) is 4.79 Å². The van der Waals surface area contributed by atoms with Crippen molar-refractivity contribution in [1.29, 1.82) is 0 Å². The molecule has 2 N–H and O–H groups in total. The molecule has 0 unspecified atom stereocenters. The highest BCUT2D eigenvalue weighted by molar-refractivity contribution is 5.73. The van der Waals surface area contributed by atoms with Gasteiger partial charge in [0.1, 0.15) is 0 Å². The first-order chi connectivity index (χ1) is 5.52. The van der Waals surface area contributed by atoms with E-state index in [1.54, 1.807) is 6.92 Å². The summed E-state index contributed by atoms with van der Waals surface area (Å²) in [5.41, 5.74) is -0.0602. The molecule has 0 aromatic heterocycles. The second-order valence-electron chi connectivity index (χ2n) is 4.09. The van der Waals surface area contributed by atoms with Crippen LogP contribution in [-0.4, -0.2) is 24.5 Å². The molecule has 1 aliphatic heterocycles. The van der Waals surface area contributed by atoms with Gasteiger partial charge in [-0.25, -0.2) is 0 Å². The summed E-state index contributed by atoms with van der Waals surface area (Å²) >= 11 is 0. The molecule has 0 aromatic rings. The highest BCUT2D eigenvalue weighted by Crippen LogP contribution is 2.22. The normalized spacial score (nSPS) is 24.1. The van der Waals surface area contributed by atoms with E-state index in [1.165, 1.54) is 0 Å². The Morgan fingerprint density at radius 2 is 2.25 bits per heavy atom. The monoisotopic (exact) mass is 170 g/mol. The molecule has 1 fully saturated rings. The first-order valence-corrected chi connectivity index (χ1v) is 4.52. The summed E-state index contributed by atoms with van der Waals surface area (Å²) < 4.78 is 0. The van der Waals surface area contributed by atoms with Crippen molar-refractivity contribution >= 4 is 5.91 Å². The first kappa shape index (κ1) is 9.52. The summed E-state index contributed by atoms with van der Waals surface area (Å²) in [6.45, 7) is 7.85. The molecule has 0 radical (unpaired) electrons. The molecular formula is C9H18N2O. The Labute approximate surface area is 73.9 Å². The lowest BCUT2D eigenvalue weighted by Crippen LogP contribution is -2.49. The van der Waals surface area contributed by atoms with E-state index in [4.69, 9.17) is 0 Å². The van der Waals surface area contributed by atoms with Gasteiger partial charge in [0.15, 0.2) is 0 Å². The molecule has 0 aliphatic carbocycles. The number of carbonyl (C=O) groups excluding carboxylic acids is 1. The third-order valence-corrected chi connectivity index (χ3v) is 2.58. The molecule has 1 saturated heterocycles. The average Bonchev–Trinajstić information content (AvgIpc) is 2.32. The molecule has 0 aromatic carbocycles. The fraction of sp³-hybridized carbons (Fsp3) is 0.889. The molecule has 1 rings (SSSR count). The maximum Gasteiger partial charge on any atom is 0.217 e. The average molecular weight is 170 g/mol. The Morgan fingerprint density at radius 1 is 1.58 bits per heavy atom. The summed E-state index contributed by atoms with van der Waals surface area (Å²) in [6, 6.07) is 0. The maximum absolute atomic E-state index is 10.9. The van der Waals surface area contributed by atoms with Crippen LogP contribution in [0.5, 0.6) is 0 Å². The van der Waals surface area contributed by atoms with Crippen molar-refractivity contribution < 1.29 is 4.79 Å². The summed E-state index contributed by atoms with van der Waals surface area (Å²) in [4.78, 5) is 10.9. The van der Waals surface area contributed by atoms with E-state index in [0.717, 1.165) is 19.5 Å². The SMILES string of the molecule is CC(=O)NC(C)(C)[C@H]1CCNC1. The van der Waals surface area contributed by atoms with Crippen molar-refractivity contribution in [2.45, 2.75) is 32.7 Å². The zero-order chi connectivity index (χ0) is 9.19. The van der Waals surface area contributed by atoms with Gasteiger partial charge in [-0.3, -0.25) is 4.79 Å². The number of amides is 1. The number of hydrogen-bond acceptors (Lipinski definition) is 2. The molecule has 3 heteroatoms. The van der Waals surface area contributed by atoms with Gasteiger partial charge >= 0.3 is 0 Å². The lowest BCUT2D eigenvalue weighted by Gasteiger charge is -2.31. The second-order valence-corrected chi connectivity index (χ2v) is 4.09. The van der Waals surface area contributed by atoms with Gasteiger partial charge in [-0.1, -0.05) is 0 Å². The predicted octanol–water partition coefficient (Wildman–Crippen LogP) is 0.511. The van der Waals surface area contributed by atoms with Crippen LogP contribution in [0, 0.1) is 5.92 Å². The zero-order valence-corrected chi connectivity index (χ0v) is 8.11. The van der Waals surface area contributed by atoms with Gasteiger partial charge in [0.2, 0.25) is 5.91 Å². The van der Waals surface area contributed by atoms with Crippen LogP contribution in [0.15, 0.2) is 0 Å². The molecule has 0 saturated carbocycles. The van der Waals surface area contributed by atoms with E-state index >= 15 is 0 Å². The molecule has 1 amide bonds. The number of hydrogen-bond donors (Lipinski definition) is 2. The smallest absolute Gasteiger partial charge is 0.217 e. The predicted molar refractivity (Wildman–Crippen MR) is 48.9 cm³/mol. The van der Waals surface area contributed by atoms with Crippen molar-refractivity contribution in [1.82, 2.24) is 10.6 Å². The Hall–Kier alpha value is -0.570. The standard InChI is InChI=1S/C9H18N2O/c1-7(12)11-9(2,3)8-4-5-10-6-8/h8,10H,4-6H2,1-3H3,(H,11,12)/t8-/m0/s1. The quantitative estimate of drug-likeness (QED) is 0.634. The van der Waals surface area contributed by atoms with Gasteiger partial charge < -0.3 is 10.6 Å². The minimum absolute atomic E-state index is 0.0602. The minimum Gasteiger partial charge on any atom is -0.351 e. The van der Waals surface area contributed by atoms with E-state index in [0.29, 0.717) is 5.92 Å². The highest BCUT2D eigenvalue weighted by atomic mass is 16.1. The minimum atomic E-state index is -0.0602. The van der Waals surface area contributed by atoms with Crippen molar-refractivity contribution in [3.05, 3.63) is 0 Å². The highest BCUT2D eigenvalue weighted by Gasteiger charge is 2.31. The Bertz CT molecular complexity index is 171. The number of nitrogens with one attached hydrogen (secondary N) is 2. The van der Waals surface area contributed by atoms with E-state index in [9.17, 15) is 4.79 Å². The summed E-state index contributed by atoms with van der Waals surface area (Å²) in [5.74, 6) is 0.633. The Morgan fingerprint density at radius 3 is 2.67 bits per heavy atom. The van der Waals surface area contributed by atoms with Crippen LogP contribution >= 0.6 is 0 Å². The molecule has 12 heavy (non-hydrogen) atoms. The topological polar surface area (TPSA) is 41.1 Å². The largest absolute Gasteiger partial charge is 0.351 e. The van der Waals surface area contributed by atoms with Gasteiger partial charge in [0.05, 0.1) is 0 Å². The molecule has 0 spiro atoms. The van der Waals surface area contributed by atoms with Crippen molar-refractivity contribution in [2.24, 2.45) is 5.92 Å². The van der Waals surface area contributed by atoms with Crippen LogP contribution in [0.25, 0.3) is 0 Å². The fourth-order valence-corrected chi connectivity index (χ4v) is 1.83. The first-order valence-electron chi connectivity index (χ1n) is 4.52. The zero-order valence-electron chi connectivity index (χ0n) is 8.11. The molecule has 1 heterocycles. The van der Waals surface area contributed by atoms with Gasteiger partial charge in [-0.05, 0) is 32.7 Å². The number of rotatable bonds is 2.